The predicted octanol–water partition coefficient (Wildman–Crippen LogP) is 3.87. The van der Waals surface area contributed by atoms with Gasteiger partial charge in [-0.15, -0.1) is 0 Å². The van der Waals surface area contributed by atoms with Crippen LogP contribution in [0, 0.1) is 5.92 Å². The molecule has 1 aromatic carbocycles. The van der Waals surface area contributed by atoms with E-state index < -0.39 is 0 Å². The summed E-state index contributed by atoms with van der Waals surface area (Å²) in [6, 6.07) is 10.7. The van der Waals surface area contributed by atoms with Gasteiger partial charge in [-0.1, -0.05) is 12.2 Å². The summed E-state index contributed by atoms with van der Waals surface area (Å²) in [5.74, 6) is 0.841. The van der Waals surface area contributed by atoms with E-state index in [-0.39, 0.29) is 30.4 Å². The van der Waals surface area contributed by atoms with Crippen LogP contribution in [-0.4, -0.2) is 36.3 Å². The van der Waals surface area contributed by atoms with E-state index in [2.05, 4.69) is 11.2 Å². The van der Waals surface area contributed by atoms with Gasteiger partial charge in [0.05, 0.1) is 25.5 Å². The molecule has 0 spiro atoms. The fourth-order valence-corrected chi connectivity index (χ4v) is 3.75. The van der Waals surface area contributed by atoms with Crippen molar-refractivity contribution in [3.8, 4) is 5.75 Å². The SMILES string of the molecule is COc1ccc(C2=NN(C(=O)COC(=O)C[C@H]3C=CCC3)[C@@H](c3ccco3)C2)cc1. The third-order valence-corrected chi connectivity index (χ3v) is 5.36. The Bertz CT molecular complexity index is 946. The van der Waals surface area contributed by atoms with Gasteiger partial charge in [-0.3, -0.25) is 9.59 Å². The molecule has 7 heteroatoms. The monoisotopic (exact) mass is 408 g/mol. The summed E-state index contributed by atoms with van der Waals surface area (Å²) in [4.78, 5) is 24.9. The van der Waals surface area contributed by atoms with Gasteiger partial charge in [0, 0.05) is 6.42 Å². The lowest BCUT2D eigenvalue weighted by Crippen LogP contribution is -2.31. The number of hydrogen-bond acceptors (Lipinski definition) is 6. The summed E-state index contributed by atoms with van der Waals surface area (Å²) in [7, 11) is 1.61. The van der Waals surface area contributed by atoms with Gasteiger partial charge >= 0.3 is 5.97 Å². The van der Waals surface area contributed by atoms with Crippen LogP contribution in [0.2, 0.25) is 0 Å². The Kier molecular flexibility index (Phi) is 5.97. The van der Waals surface area contributed by atoms with E-state index in [1.807, 2.05) is 36.4 Å². The molecular formula is C23H24N2O5. The largest absolute Gasteiger partial charge is 0.497 e. The lowest BCUT2D eigenvalue weighted by Gasteiger charge is -2.19. The fourth-order valence-electron chi connectivity index (χ4n) is 3.75. The molecule has 156 valence electrons. The molecule has 2 aromatic rings. The first-order chi connectivity index (χ1) is 14.6. The van der Waals surface area contributed by atoms with Crippen LogP contribution in [0.3, 0.4) is 0 Å². The molecular weight excluding hydrogens is 384 g/mol. The van der Waals surface area contributed by atoms with Crippen molar-refractivity contribution in [3.05, 3.63) is 66.1 Å². The molecule has 0 bridgehead atoms. The fraction of sp³-hybridized carbons (Fsp3) is 0.348. The molecule has 0 saturated carbocycles. The topological polar surface area (TPSA) is 81.3 Å². The van der Waals surface area contributed by atoms with Crippen LogP contribution >= 0.6 is 0 Å². The molecule has 2 aliphatic rings. The zero-order chi connectivity index (χ0) is 20.9. The number of amides is 1. The molecule has 2 heterocycles. The highest BCUT2D eigenvalue weighted by Crippen LogP contribution is 2.33. The van der Waals surface area contributed by atoms with Gasteiger partial charge in [0.15, 0.2) is 6.61 Å². The van der Waals surface area contributed by atoms with Crippen LogP contribution in [0.4, 0.5) is 0 Å². The number of ether oxygens (including phenoxy) is 2. The van der Waals surface area contributed by atoms with Crippen molar-refractivity contribution in [1.82, 2.24) is 5.01 Å². The van der Waals surface area contributed by atoms with Crippen molar-refractivity contribution in [2.24, 2.45) is 11.0 Å². The average molecular weight is 408 g/mol. The third kappa shape index (κ3) is 4.45. The van der Waals surface area contributed by atoms with Gasteiger partial charge in [0.2, 0.25) is 0 Å². The Morgan fingerprint density at radius 1 is 1.23 bits per heavy atom. The van der Waals surface area contributed by atoms with Crippen molar-refractivity contribution in [1.29, 1.82) is 0 Å². The van der Waals surface area contributed by atoms with Crippen molar-refractivity contribution in [2.75, 3.05) is 13.7 Å². The highest BCUT2D eigenvalue weighted by atomic mass is 16.5. The number of carbonyl (C=O) groups excluding carboxylic acids is 2. The summed E-state index contributed by atoms with van der Waals surface area (Å²) in [6.07, 6.45) is 8.40. The average Bonchev–Trinajstić information content (AvgIpc) is 3.53. The van der Waals surface area contributed by atoms with E-state index >= 15 is 0 Å². The molecule has 0 radical (unpaired) electrons. The van der Waals surface area contributed by atoms with Gasteiger partial charge in [0.25, 0.3) is 5.91 Å². The van der Waals surface area contributed by atoms with Gasteiger partial charge < -0.3 is 13.9 Å². The Labute approximate surface area is 175 Å². The number of carbonyl (C=O) groups is 2. The number of hydrazone groups is 1. The predicted molar refractivity (Wildman–Crippen MR) is 110 cm³/mol. The van der Waals surface area contributed by atoms with E-state index in [1.165, 1.54) is 5.01 Å². The standard InChI is InChI=1S/C23H24N2O5/c1-28-18-10-8-17(9-11-18)19-14-20(21-7-4-12-29-21)25(24-19)22(26)15-30-23(27)13-16-5-2-3-6-16/h2,4-5,7-12,16,20H,3,6,13-15H2,1H3/t16-,20+/m0/s1. The summed E-state index contributed by atoms with van der Waals surface area (Å²) in [6.45, 7) is -0.341. The molecule has 0 N–H and O–H groups in total. The minimum Gasteiger partial charge on any atom is -0.497 e. The van der Waals surface area contributed by atoms with Crippen molar-refractivity contribution >= 4 is 17.6 Å². The molecule has 4 rings (SSSR count). The Morgan fingerprint density at radius 3 is 2.73 bits per heavy atom. The van der Waals surface area contributed by atoms with Gasteiger partial charge in [-0.05, 0) is 60.7 Å². The minimum atomic E-state index is -0.379. The molecule has 1 aromatic heterocycles. The number of esters is 1. The van der Waals surface area contributed by atoms with Crippen molar-refractivity contribution < 1.29 is 23.5 Å². The second kappa shape index (κ2) is 8.98. The van der Waals surface area contributed by atoms with Crippen LogP contribution in [0.1, 0.15) is 43.0 Å². The van der Waals surface area contributed by atoms with Crippen LogP contribution < -0.4 is 4.74 Å². The second-order valence-electron chi connectivity index (χ2n) is 7.38. The Balaban J connectivity index is 1.45. The first-order valence-corrected chi connectivity index (χ1v) is 10.0. The highest BCUT2D eigenvalue weighted by Gasteiger charge is 2.35. The smallest absolute Gasteiger partial charge is 0.306 e. The molecule has 1 aliphatic carbocycles. The van der Waals surface area contributed by atoms with E-state index in [4.69, 9.17) is 13.9 Å². The van der Waals surface area contributed by atoms with Gasteiger partial charge in [0.1, 0.15) is 17.6 Å². The summed E-state index contributed by atoms with van der Waals surface area (Å²) in [5, 5.41) is 5.89. The zero-order valence-electron chi connectivity index (χ0n) is 16.8. The van der Waals surface area contributed by atoms with Crippen molar-refractivity contribution in [2.45, 2.75) is 31.7 Å². The van der Waals surface area contributed by atoms with Gasteiger partial charge in [-0.25, -0.2) is 5.01 Å². The van der Waals surface area contributed by atoms with E-state index in [1.54, 1.807) is 19.4 Å². The lowest BCUT2D eigenvalue weighted by molar-refractivity contribution is -0.153. The number of allylic oxidation sites excluding steroid dienone is 2. The summed E-state index contributed by atoms with van der Waals surface area (Å²) >= 11 is 0. The molecule has 7 nitrogen and oxygen atoms in total. The minimum absolute atomic E-state index is 0.204. The molecule has 30 heavy (non-hydrogen) atoms. The van der Waals surface area contributed by atoms with E-state index in [9.17, 15) is 9.59 Å². The van der Waals surface area contributed by atoms with Crippen LogP contribution in [0.15, 0.2) is 64.3 Å². The molecule has 2 atom stereocenters. The molecule has 1 aliphatic heterocycles. The Morgan fingerprint density at radius 2 is 2.07 bits per heavy atom. The molecule has 0 saturated heterocycles. The maximum atomic E-state index is 12.8. The second-order valence-corrected chi connectivity index (χ2v) is 7.38. The molecule has 0 fully saturated rings. The summed E-state index contributed by atoms with van der Waals surface area (Å²) < 4.78 is 16.0. The maximum Gasteiger partial charge on any atom is 0.306 e. The first kappa shape index (κ1) is 19.9. The Hall–Kier alpha value is -3.35. The molecule has 0 unspecified atom stereocenters. The quantitative estimate of drug-likeness (QED) is 0.513. The number of rotatable bonds is 7. The zero-order valence-corrected chi connectivity index (χ0v) is 16.8. The molecule has 1 amide bonds. The number of benzene rings is 1. The van der Waals surface area contributed by atoms with Crippen LogP contribution in [-0.2, 0) is 14.3 Å². The number of methoxy groups -OCH3 is 1. The highest BCUT2D eigenvalue weighted by molar-refractivity contribution is 6.03. The summed E-state index contributed by atoms with van der Waals surface area (Å²) in [5.41, 5.74) is 1.66. The lowest BCUT2D eigenvalue weighted by atomic mass is 10.0. The maximum absolute atomic E-state index is 12.8. The van der Waals surface area contributed by atoms with Crippen LogP contribution in [0.25, 0.3) is 0 Å². The third-order valence-electron chi connectivity index (χ3n) is 5.36. The number of furan rings is 1. The number of hydrogen-bond donors (Lipinski definition) is 0. The van der Waals surface area contributed by atoms with Crippen molar-refractivity contribution in [3.63, 3.8) is 0 Å². The first-order valence-electron chi connectivity index (χ1n) is 10.0. The number of nitrogens with zero attached hydrogens (tertiary/aromatic N) is 2. The van der Waals surface area contributed by atoms with Crippen LogP contribution in [0.5, 0.6) is 5.75 Å². The van der Waals surface area contributed by atoms with E-state index in [0.29, 0.717) is 18.6 Å². The van der Waals surface area contributed by atoms with E-state index in [0.717, 1.165) is 29.9 Å². The van der Waals surface area contributed by atoms with Gasteiger partial charge in [-0.2, -0.15) is 5.10 Å². The normalized spacial score (nSPS) is 20.3.